The van der Waals surface area contributed by atoms with Crippen molar-refractivity contribution in [3.63, 3.8) is 0 Å². The fraction of sp³-hybridized carbons (Fsp3) is 0.500. The van der Waals surface area contributed by atoms with E-state index in [2.05, 4.69) is 5.32 Å². The molecule has 0 aromatic heterocycles. The monoisotopic (exact) mass is 273 g/mol. The zero-order valence-electron chi connectivity index (χ0n) is 11.7. The van der Waals surface area contributed by atoms with Gasteiger partial charge in [-0.3, -0.25) is 9.59 Å². The summed E-state index contributed by atoms with van der Waals surface area (Å²) < 4.78 is 6.16. The first kappa shape index (κ1) is 13.2. The number of rotatable bonds is 1. The molecule has 1 aromatic rings. The second-order valence-electron chi connectivity index (χ2n) is 5.84. The molecule has 1 spiro atoms. The van der Waals surface area contributed by atoms with Crippen molar-refractivity contribution in [1.82, 2.24) is 0 Å². The molecule has 4 nitrogen and oxygen atoms in total. The van der Waals surface area contributed by atoms with Gasteiger partial charge in [0.25, 0.3) is 0 Å². The van der Waals surface area contributed by atoms with Gasteiger partial charge in [0.2, 0.25) is 5.91 Å². The van der Waals surface area contributed by atoms with Crippen LogP contribution in [0.15, 0.2) is 18.2 Å². The van der Waals surface area contributed by atoms with Crippen molar-refractivity contribution in [1.29, 1.82) is 0 Å². The highest BCUT2D eigenvalue weighted by atomic mass is 16.5. The van der Waals surface area contributed by atoms with E-state index in [9.17, 15) is 9.59 Å². The third-order valence-corrected chi connectivity index (χ3v) is 4.17. The van der Waals surface area contributed by atoms with Gasteiger partial charge >= 0.3 is 0 Å². The van der Waals surface area contributed by atoms with Crippen molar-refractivity contribution < 1.29 is 14.3 Å². The number of amides is 1. The zero-order chi connectivity index (χ0) is 14.2. The van der Waals surface area contributed by atoms with Crippen LogP contribution in [-0.2, 0) is 4.79 Å². The fourth-order valence-corrected chi connectivity index (χ4v) is 3.25. The summed E-state index contributed by atoms with van der Waals surface area (Å²) in [5.74, 6) is 0.649. The lowest BCUT2D eigenvalue weighted by atomic mass is 9.78. The molecule has 1 amide bonds. The Balaban J connectivity index is 1.89. The van der Waals surface area contributed by atoms with E-state index in [0.717, 1.165) is 25.7 Å². The van der Waals surface area contributed by atoms with Crippen molar-refractivity contribution in [2.24, 2.45) is 0 Å². The summed E-state index contributed by atoms with van der Waals surface area (Å²) >= 11 is 0. The van der Waals surface area contributed by atoms with E-state index < -0.39 is 0 Å². The molecule has 1 aliphatic carbocycles. The Morgan fingerprint density at radius 2 is 2.00 bits per heavy atom. The maximum absolute atomic E-state index is 12.4. The van der Waals surface area contributed by atoms with Crippen LogP contribution in [0.4, 0.5) is 5.69 Å². The normalized spacial score (nSPS) is 20.1. The summed E-state index contributed by atoms with van der Waals surface area (Å²) in [7, 11) is 0. The molecule has 106 valence electrons. The van der Waals surface area contributed by atoms with Crippen molar-refractivity contribution in [3.8, 4) is 5.75 Å². The van der Waals surface area contributed by atoms with Crippen LogP contribution in [0, 0.1) is 0 Å². The lowest BCUT2D eigenvalue weighted by Crippen LogP contribution is -2.43. The van der Waals surface area contributed by atoms with E-state index in [1.165, 1.54) is 13.3 Å². The number of ether oxygens (including phenoxy) is 1. The average Bonchev–Trinajstić information content (AvgIpc) is 2.40. The molecule has 3 rings (SSSR count). The lowest BCUT2D eigenvalue weighted by molar-refractivity contribution is -0.114. The number of Topliss-reactive ketones (excluding diaryl/α,β-unsaturated/α-hetero) is 1. The van der Waals surface area contributed by atoms with Crippen LogP contribution in [0.3, 0.4) is 0 Å². The van der Waals surface area contributed by atoms with E-state index in [1.54, 1.807) is 18.2 Å². The molecule has 1 heterocycles. The Labute approximate surface area is 118 Å². The Bertz CT molecular complexity index is 559. The summed E-state index contributed by atoms with van der Waals surface area (Å²) in [5, 5.41) is 2.70. The highest BCUT2D eigenvalue weighted by Crippen LogP contribution is 2.42. The second kappa shape index (κ2) is 4.93. The number of nitrogens with one attached hydrogen (secondary N) is 1. The minimum Gasteiger partial charge on any atom is -0.486 e. The van der Waals surface area contributed by atoms with Crippen LogP contribution in [-0.4, -0.2) is 17.3 Å². The molecule has 0 unspecified atom stereocenters. The Morgan fingerprint density at radius 3 is 2.70 bits per heavy atom. The van der Waals surface area contributed by atoms with Crippen LogP contribution in [0.1, 0.15) is 55.8 Å². The number of ketones is 1. The number of hydrogen-bond acceptors (Lipinski definition) is 3. The largest absolute Gasteiger partial charge is 0.486 e. The maximum atomic E-state index is 12.4. The van der Waals surface area contributed by atoms with E-state index >= 15 is 0 Å². The van der Waals surface area contributed by atoms with E-state index in [-0.39, 0.29) is 17.3 Å². The van der Waals surface area contributed by atoms with E-state index in [1.807, 2.05) is 0 Å². The molecular weight excluding hydrogens is 254 g/mol. The van der Waals surface area contributed by atoms with Crippen LogP contribution >= 0.6 is 0 Å². The number of hydrogen-bond donors (Lipinski definition) is 1. The zero-order valence-corrected chi connectivity index (χ0v) is 11.7. The van der Waals surface area contributed by atoms with Gasteiger partial charge < -0.3 is 10.1 Å². The quantitative estimate of drug-likeness (QED) is 0.854. The predicted molar refractivity (Wildman–Crippen MR) is 76.1 cm³/mol. The summed E-state index contributed by atoms with van der Waals surface area (Å²) in [6.07, 6.45) is 5.88. The molecule has 0 saturated heterocycles. The van der Waals surface area contributed by atoms with Gasteiger partial charge in [0, 0.05) is 12.6 Å². The molecule has 1 aromatic carbocycles. The van der Waals surface area contributed by atoms with Gasteiger partial charge in [-0.05, 0) is 43.9 Å². The SMILES string of the molecule is CC(=O)Nc1ccc2c(c1)C(=O)CC1(CCCCC1)O2. The number of fused-ring (bicyclic) bond motifs is 1. The standard InChI is InChI=1S/C16H19NO3/c1-11(18)17-12-5-6-15-13(9-12)14(19)10-16(20-15)7-3-2-4-8-16/h5-6,9H,2-4,7-8,10H2,1H3,(H,17,18). The summed E-state index contributed by atoms with van der Waals surface area (Å²) in [6, 6.07) is 5.30. The van der Waals surface area contributed by atoms with Gasteiger partial charge in [-0.15, -0.1) is 0 Å². The van der Waals surface area contributed by atoms with Crippen molar-refractivity contribution >= 4 is 17.4 Å². The van der Waals surface area contributed by atoms with Crippen molar-refractivity contribution in [2.75, 3.05) is 5.32 Å². The van der Waals surface area contributed by atoms with Gasteiger partial charge in [0.15, 0.2) is 5.78 Å². The predicted octanol–water partition coefficient (Wildman–Crippen LogP) is 3.31. The molecular formula is C16H19NO3. The lowest BCUT2D eigenvalue weighted by Gasteiger charge is -2.40. The molecule has 0 radical (unpaired) electrons. The molecule has 20 heavy (non-hydrogen) atoms. The van der Waals surface area contributed by atoms with Gasteiger partial charge in [0.1, 0.15) is 11.4 Å². The van der Waals surface area contributed by atoms with Crippen molar-refractivity contribution in [2.45, 2.75) is 51.0 Å². The number of benzene rings is 1. The van der Waals surface area contributed by atoms with Gasteiger partial charge in [-0.1, -0.05) is 6.42 Å². The Morgan fingerprint density at radius 1 is 1.25 bits per heavy atom. The molecule has 4 heteroatoms. The van der Waals surface area contributed by atoms with Crippen molar-refractivity contribution in [3.05, 3.63) is 23.8 Å². The maximum Gasteiger partial charge on any atom is 0.221 e. The molecule has 1 saturated carbocycles. The van der Waals surface area contributed by atoms with Gasteiger partial charge in [-0.2, -0.15) is 0 Å². The van der Waals surface area contributed by atoms with Crippen LogP contribution < -0.4 is 10.1 Å². The average molecular weight is 273 g/mol. The topological polar surface area (TPSA) is 55.4 Å². The van der Waals surface area contributed by atoms with E-state index in [0.29, 0.717) is 23.4 Å². The molecule has 2 aliphatic rings. The van der Waals surface area contributed by atoms with Gasteiger partial charge in [0.05, 0.1) is 12.0 Å². The molecule has 1 N–H and O–H groups in total. The first-order chi connectivity index (χ1) is 9.58. The second-order valence-corrected chi connectivity index (χ2v) is 5.84. The van der Waals surface area contributed by atoms with E-state index in [4.69, 9.17) is 4.74 Å². The minimum atomic E-state index is -0.280. The first-order valence-electron chi connectivity index (χ1n) is 7.22. The summed E-state index contributed by atoms with van der Waals surface area (Å²) in [4.78, 5) is 23.5. The van der Waals surface area contributed by atoms with Gasteiger partial charge in [-0.25, -0.2) is 0 Å². The third kappa shape index (κ3) is 2.42. The summed E-state index contributed by atoms with van der Waals surface area (Å²) in [5.41, 5.74) is 0.956. The molecule has 1 fully saturated rings. The minimum absolute atomic E-state index is 0.125. The highest BCUT2D eigenvalue weighted by Gasteiger charge is 2.41. The highest BCUT2D eigenvalue weighted by molar-refractivity contribution is 6.02. The van der Waals surface area contributed by atoms with Crippen LogP contribution in [0.5, 0.6) is 5.75 Å². The molecule has 0 atom stereocenters. The van der Waals surface area contributed by atoms with Crippen LogP contribution in [0.25, 0.3) is 0 Å². The third-order valence-electron chi connectivity index (χ3n) is 4.17. The first-order valence-corrected chi connectivity index (χ1v) is 7.22. The molecule has 1 aliphatic heterocycles. The number of carbonyl (C=O) groups is 2. The number of carbonyl (C=O) groups excluding carboxylic acids is 2. The Hall–Kier alpha value is -1.84. The Kier molecular flexibility index (Phi) is 3.24. The molecule has 0 bridgehead atoms. The fourth-order valence-electron chi connectivity index (χ4n) is 3.25. The number of anilines is 1. The van der Waals surface area contributed by atoms with Crippen LogP contribution in [0.2, 0.25) is 0 Å². The summed E-state index contributed by atoms with van der Waals surface area (Å²) in [6.45, 7) is 1.45. The smallest absolute Gasteiger partial charge is 0.221 e.